The minimum atomic E-state index is -0.0375. The second-order valence-electron chi connectivity index (χ2n) is 40.8. The van der Waals surface area contributed by atoms with Gasteiger partial charge in [-0.25, -0.2) is 10.0 Å². The standard InChI is InChI=1S/C31H42N4O2.C30H40N4O2.C30H41N3O2.C29H39N3O2.2CH4/c1-3-18-35-27-15-16-28(35)23-33(21-17-27)30(26-9-8-10-29(22-26)37-2)24-11-13-25(14-12-24)31(36)32-34-19-6-4-5-7-20-34;1-2-17-34-26-14-15-27(34)22-32(20-16-26)29(25-8-7-9-28(35)21-25)23-10-12-24(13-11-23)30(36)31-33-18-5-3-4-6-19-33;1-5-19-33-26-11-9-12-27(33)22-32(20-18-26)29(25-10-8-13-28(21-25)35-4)23-14-16-24(17-15-23)30(34)31(6-2)7-3;1-4-18-32-25-10-8-11-26(32)21-31(19-17-25)28(24-9-7-12-27(33)20-24)22-13-15-23(16-14-22)29(34)30(5-2)6-3;;/h3,8-14,22,27-28,30H,1,4-7,15-21,23H2,2H3,(H,32,36);2,7-13,21,26-27,29,35H,1,3-6,14-20,22H2,(H,31,36);5,8,10,13-17,21,26-27,29H,1,6-7,9,11-12,18-20,22H2,2-4H3;4,7,9,12-16,20,25-26,28,33H,1,5-6,8,10-11,17-19,21H2,2-3H3;2*1H4. The van der Waals surface area contributed by atoms with Gasteiger partial charge in [-0.1, -0.05) is 175 Å². The molecule has 4 amide bonds. The van der Waals surface area contributed by atoms with E-state index < -0.39 is 0 Å². The highest BCUT2D eigenvalue weighted by Gasteiger charge is 2.44. The van der Waals surface area contributed by atoms with Crippen molar-refractivity contribution < 1.29 is 38.9 Å². The van der Waals surface area contributed by atoms with Gasteiger partial charge in [0.1, 0.15) is 23.0 Å². The van der Waals surface area contributed by atoms with Crippen molar-refractivity contribution in [1.82, 2.24) is 69.9 Å². The topological polar surface area (TPSA) is 190 Å². The van der Waals surface area contributed by atoms with Crippen LogP contribution < -0.4 is 20.3 Å². The maximum Gasteiger partial charge on any atom is 0.265 e. The zero-order valence-electron chi connectivity index (χ0n) is 86.0. The number of hydrogen-bond acceptors (Lipinski definition) is 18. The van der Waals surface area contributed by atoms with Crippen LogP contribution in [0.1, 0.15) is 294 Å². The molecule has 144 heavy (non-hydrogen) atoms. The Morgan fingerprint density at radius 3 is 0.854 bits per heavy atom. The molecule has 8 aromatic rings. The van der Waals surface area contributed by atoms with Crippen molar-refractivity contribution in [3.05, 3.63) is 312 Å². The Kier molecular flexibility index (Phi) is 42.4. The van der Waals surface area contributed by atoms with Gasteiger partial charge in [-0.15, -0.1) is 26.3 Å². The molecule has 0 aromatic heterocycles. The molecule has 12 atom stereocenters. The van der Waals surface area contributed by atoms with E-state index >= 15 is 0 Å². The van der Waals surface area contributed by atoms with Gasteiger partial charge in [0.05, 0.1) is 38.4 Å². The number of fused-ring (bicyclic) bond motifs is 8. The lowest BCUT2D eigenvalue weighted by atomic mass is 9.94. The summed E-state index contributed by atoms with van der Waals surface area (Å²) in [6.45, 7) is 42.7. The molecule has 10 heterocycles. The van der Waals surface area contributed by atoms with Crippen LogP contribution in [0.4, 0.5) is 0 Å². The summed E-state index contributed by atoms with van der Waals surface area (Å²) in [5.74, 6) is 2.46. The van der Waals surface area contributed by atoms with Crippen molar-refractivity contribution in [3.8, 4) is 23.0 Å². The van der Waals surface area contributed by atoms with Crippen molar-refractivity contribution in [2.75, 3.05) is 145 Å². The van der Waals surface area contributed by atoms with E-state index in [1.54, 1.807) is 26.4 Å². The van der Waals surface area contributed by atoms with Gasteiger partial charge in [0.25, 0.3) is 23.6 Å². The molecule has 18 rings (SSSR count). The third-order valence-electron chi connectivity index (χ3n) is 32.1. The lowest BCUT2D eigenvalue weighted by molar-refractivity contribution is 0.0765. The number of nitrogens with one attached hydrogen (secondary N) is 2. The first kappa shape index (κ1) is 111. The number of phenolic OH excluding ortho intramolecular Hbond substituents is 2. The van der Waals surface area contributed by atoms with Crippen LogP contribution in [0, 0.1) is 0 Å². The molecule has 22 nitrogen and oxygen atoms in total. The number of amides is 4. The lowest BCUT2D eigenvalue weighted by Crippen LogP contribution is -2.48. The van der Waals surface area contributed by atoms with E-state index in [1.807, 2.05) is 135 Å². The zero-order chi connectivity index (χ0) is 99.4. The van der Waals surface area contributed by atoms with E-state index in [9.17, 15) is 29.4 Å². The Bertz CT molecular complexity index is 5350. The van der Waals surface area contributed by atoms with Gasteiger partial charge in [0.2, 0.25) is 0 Å². The molecule has 0 spiro atoms. The predicted octanol–water partition coefficient (Wildman–Crippen LogP) is 21.5. The number of methoxy groups -OCH3 is 2. The molecule has 8 bridgehead atoms. The van der Waals surface area contributed by atoms with Crippen molar-refractivity contribution in [3.63, 3.8) is 0 Å². The largest absolute Gasteiger partial charge is 0.508 e. The van der Waals surface area contributed by atoms with Crippen LogP contribution in [0.25, 0.3) is 0 Å². The molecular formula is C122H170N14O8. The number of aromatic hydroxyl groups is 2. The summed E-state index contributed by atoms with van der Waals surface area (Å²) >= 11 is 0. The maximum absolute atomic E-state index is 13.0. The Morgan fingerprint density at radius 1 is 0.319 bits per heavy atom. The van der Waals surface area contributed by atoms with Crippen molar-refractivity contribution in [1.29, 1.82) is 0 Å². The maximum atomic E-state index is 13.0. The first-order valence-corrected chi connectivity index (χ1v) is 53.8. The Labute approximate surface area is 863 Å². The average molecular weight is 1960 g/mol. The fourth-order valence-electron chi connectivity index (χ4n) is 24.8. The van der Waals surface area contributed by atoms with Gasteiger partial charge < -0.3 is 29.5 Å². The number of likely N-dealkylation sites (tertiary alicyclic amines) is 2. The minimum absolute atomic E-state index is 0. The summed E-state index contributed by atoms with van der Waals surface area (Å²) in [7, 11) is 3.45. The van der Waals surface area contributed by atoms with E-state index in [0.29, 0.717) is 72.6 Å². The summed E-state index contributed by atoms with van der Waals surface area (Å²) in [5, 5.41) is 24.7. The van der Waals surface area contributed by atoms with Crippen LogP contribution in [-0.2, 0) is 0 Å². The van der Waals surface area contributed by atoms with Gasteiger partial charge in [0.15, 0.2) is 0 Å². The van der Waals surface area contributed by atoms with E-state index in [2.05, 4.69) is 196 Å². The third-order valence-corrected chi connectivity index (χ3v) is 32.1. The molecule has 10 fully saturated rings. The molecule has 22 heteroatoms. The average Bonchev–Trinajstić information content (AvgIpc) is 1.58. The summed E-state index contributed by atoms with van der Waals surface area (Å²) in [4.78, 5) is 76.5. The number of ether oxygens (including phenoxy) is 2. The number of hydrazine groups is 2. The molecule has 4 N–H and O–H groups in total. The Balaban J connectivity index is 0.000000160. The SMILES string of the molecule is C.C.C=CCN1C2CCC1CN(C(c1ccc(C(=O)NN3CCCCCC3)cc1)c1cccc(O)c1)CC2.C=CCN1C2CCC1CN(C(c1ccc(C(=O)NN3CCCCCC3)cc1)c1cccc(OC)c1)CC2.C=CCN1C2CCCC1CN(C(c1ccc(C(=O)N(CC)CC)cc1)c1cccc(O)c1)CC2.C=CCN1C2CCCC1CN(C(c1ccc(C(=O)N(CC)CC)cc1)c1cccc(OC)c1)CC2. The van der Waals surface area contributed by atoms with Crippen molar-refractivity contribution in [2.24, 2.45) is 0 Å². The summed E-state index contributed by atoms with van der Waals surface area (Å²) in [6, 6.07) is 70.0. The first-order chi connectivity index (χ1) is 69.4. The summed E-state index contributed by atoms with van der Waals surface area (Å²) < 4.78 is 11.2. The number of rotatable bonds is 32. The number of benzene rings is 8. The van der Waals surface area contributed by atoms with Crippen LogP contribution >= 0.6 is 0 Å². The summed E-state index contributed by atoms with van der Waals surface area (Å²) in [6.07, 6.45) is 34.9. The highest BCUT2D eigenvalue weighted by Crippen LogP contribution is 2.44. The number of piperidine rings is 2. The molecule has 0 aliphatic carbocycles. The summed E-state index contributed by atoms with van der Waals surface area (Å²) in [5.41, 5.74) is 18.5. The Hall–Kier alpha value is -10.6. The van der Waals surface area contributed by atoms with Crippen molar-refractivity contribution >= 4 is 23.6 Å². The van der Waals surface area contributed by atoms with Crippen LogP contribution in [-0.4, -0.2) is 286 Å². The van der Waals surface area contributed by atoms with Gasteiger partial charge in [-0.05, 0) is 272 Å². The molecule has 0 radical (unpaired) electrons. The second-order valence-corrected chi connectivity index (χ2v) is 40.8. The molecule has 12 unspecified atom stereocenters. The van der Waals surface area contributed by atoms with Crippen molar-refractivity contribution in [2.45, 2.75) is 256 Å². The quantitative estimate of drug-likeness (QED) is 0.0291. The zero-order valence-corrected chi connectivity index (χ0v) is 86.0. The van der Waals surface area contributed by atoms with Gasteiger partial charge >= 0.3 is 0 Å². The third kappa shape index (κ3) is 28.2. The second kappa shape index (κ2) is 55.3. The highest BCUT2D eigenvalue weighted by atomic mass is 16.5. The molecule has 10 aliphatic heterocycles. The highest BCUT2D eigenvalue weighted by molar-refractivity contribution is 5.96. The van der Waals surface area contributed by atoms with Gasteiger partial charge in [0, 0.05) is 201 Å². The monoisotopic (exact) mass is 1960 g/mol. The van der Waals surface area contributed by atoms with E-state index in [4.69, 9.17) is 9.47 Å². The number of hydrogen-bond donors (Lipinski definition) is 4. The minimum Gasteiger partial charge on any atom is -0.508 e. The smallest absolute Gasteiger partial charge is 0.265 e. The predicted molar refractivity (Wildman–Crippen MR) is 587 cm³/mol. The molecule has 0 saturated carbocycles. The Morgan fingerprint density at radius 2 is 0.576 bits per heavy atom. The normalized spacial score (nSPS) is 22.8. The van der Waals surface area contributed by atoms with E-state index in [-0.39, 0.29) is 74.1 Å². The van der Waals surface area contributed by atoms with Gasteiger partial charge in [-0.2, -0.15) is 0 Å². The molecule has 10 aliphatic rings. The first-order valence-electron chi connectivity index (χ1n) is 53.8. The fourth-order valence-corrected chi connectivity index (χ4v) is 24.8. The van der Waals surface area contributed by atoms with Crippen LogP contribution in [0.15, 0.2) is 245 Å². The number of nitrogens with zero attached hydrogens (tertiary/aromatic N) is 12. The van der Waals surface area contributed by atoms with Crippen LogP contribution in [0.3, 0.4) is 0 Å². The van der Waals surface area contributed by atoms with E-state index in [0.717, 1.165) is 201 Å². The number of phenols is 2. The lowest BCUT2D eigenvalue weighted by Gasteiger charge is -2.41. The van der Waals surface area contributed by atoms with Crippen LogP contribution in [0.2, 0.25) is 0 Å². The number of carbonyl (C=O) groups excluding carboxylic acids is 4. The molecule has 10 saturated heterocycles. The molecular weight excluding hydrogens is 1790 g/mol. The molecule has 776 valence electrons. The fraction of sp³-hybridized carbons (Fsp3) is 0.508. The molecule has 8 aromatic carbocycles. The van der Waals surface area contributed by atoms with Gasteiger partial charge in [-0.3, -0.25) is 69.2 Å². The van der Waals surface area contributed by atoms with E-state index in [1.165, 1.54) is 125 Å². The van der Waals surface area contributed by atoms with Crippen LogP contribution in [0.5, 0.6) is 23.0 Å². The number of carbonyl (C=O) groups is 4.